The van der Waals surface area contributed by atoms with Crippen LogP contribution in [0.4, 0.5) is 0 Å². The summed E-state index contributed by atoms with van der Waals surface area (Å²) in [7, 11) is 0. The van der Waals surface area contributed by atoms with Crippen molar-refractivity contribution in [3.05, 3.63) is 29.2 Å². The van der Waals surface area contributed by atoms with Crippen LogP contribution >= 0.6 is 0 Å². The molecule has 3 heterocycles. The average molecular weight is 317 g/mol. The number of morpholine rings is 1. The van der Waals surface area contributed by atoms with Gasteiger partial charge in [-0.3, -0.25) is 9.59 Å². The number of fused-ring (bicyclic) bond motifs is 1. The number of nitrogens with zero attached hydrogens (tertiary/aromatic N) is 4. The summed E-state index contributed by atoms with van der Waals surface area (Å²) >= 11 is 0. The van der Waals surface area contributed by atoms with E-state index in [2.05, 4.69) is 10.1 Å². The smallest absolute Gasteiger partial charge is 0.274 e. The standard InChI is InChI=1S/C15H19N5O3/c1-9-6-10(2)20-12(17-9)7-11(18-20)13(21)19-4-5-23-15(3,8-19)14(16)22/h6-7H,4-5,8H2,1-3H3,(H2,16,22)/t15-/m1/s1. The van der Waals surface area contributed by atoms with Crippen molar-refractivity contribution in [2.45, 2.75) is 26.4 Å². The molecule has 23 heavy (non-hydrogen) atoms. The first-order valence-electron chi connectivity index (χ1n) is 7.37. The molecule has 1 fully saturated rings. The molecule has 0 aromatic carbocycles. The number of nitrogens with two attached hydrogens (primary N) is 1. The summed E-state index contributed by atoms with van der Waals surface area (Å²) in [4.78, 5) is 30.1. The van der Waals surface area contributed by atoms with E-state index in [1.807, 2.05) is 19.9 Å². The largest absolute Gasteiger partial charge is 0.367 e. The number of amides is 2. The van der Waals surface area contributed by atoms with Crippen molar-refractivity contribution < 1.29 is 14.3 Å². The fraction of sp³-hybridized carbons (Fsp3) is 0.467. The molecule has 2 N–H and O–H groups in total. The Balaban J connectivity index is 1.91. The topological polar surface area (TPSA) is 103 Å². The van der Waals surface area contributed by atoms with E-state index in [1.165, 1.54) is 4.90 Å². The van der Waals surface area contributed by atoms with Gasteiger partial charge in [-0.05, 0) is 26.8 Å². The van der Waals surface area contributed by atoms with Gasteiger partial charge < -0.3 is 15.4 Å². The summed E-state index contributed by atoms with van der Waals surface area (Å²) in [6.07, 6.45) is 0. The Kier molecular flexibility index (Phi) is 3.56. The molecule has 0 saturated carbocycles. The minimum Gasteiger partial charge on any atom is -0.367 e. The lowest BCUT2D eigenvalue weighted by molar-refractivity contribution is -0.150. The maximum absolute atomic E-state index is 12.7. The zero-order valence-electron chi connectivity index (χ0n) is 13.4. The fourth-order valence-corrected chi connectivity index (χ4v) is 2.75. The Bertz CT molecular complexity index is 800. The number of aromatic nitrogens is 3. The second-order valence-electron chi connectivity index (χ2n) is 6.01. The number of hydrogen-bond donors (Lipinski definition) is 1. The van der Waals surface area contributed by atoms with Gasteiger partial charge in [-0.15, -0.1) is 0 Å². The van der Waals surface area contributed by atoms with Gasteiger partial charge in [-0.2, -0.15) is 5.10 Å². The molecule has 1 aliphatic rings. The highest BCUT2D eigenvalue weighted by Gasteiger charge is 2.39. The van der Waals surface area contributed by atoms with Crippen molar-refractivity contribution in [1.29, 1.82) is 0 Å². The summed E-state index contributed by atoms with van der Waals surface area (Å²) in [5, 5.41) is 4.33. The molecule has 1 atom stereocenters. The molecule has 2 aromatic rings. The summed E-state index contributed by atoms with van der Waals surface area (Å²) < 4.78 is 7.06. The quantitative estimate of drug-likeness (QED) is 0.844. The van der Waals surface area contributed by atoms with Crippen LogP contribution in [-0.4, -0.2) is 56.6 Å². The first kappa shape index (κ1) is 15.4. The number of aryl methyl sites for hydroxylation is 2. The van der Waals surface area contributed by atoms with Gasteiger partial charge in [0.05, 0.1) is 13.2 Å². The maximum atomic E-state index is 12.7. The second-order valence-corrected chi connectivity index (χ2v) is 6.01. The second kappa shape index (κ2) is 5.31. The molecule has 122 valence electrons. The number of rotatable bonds is 2. The molecule has 0 unspecified atom stereocenters. The van der Waals surface area contributed by atoms with Crippen LogP contribution in [-0.2, 0) is 9.53 Å². The zero-order valence-corrected chi connectivity index (χ0v) is 13.4. The SMILES string of the molecule is Cc1cc(C)n2nc(C(=O)N3CCO[C@@](C)(C(N)=O)C3)cc2n1. The Morgan fingerprint density at radius 3 is 2.78 bits per heavy atom. The van der Waals surface area contributed by atoms with Crippen molar-refractivity contribution in [2.24, 2.45) is 5.73 Å². The first-order chi connectivity index (χ1) is 10.8. The summed E-state index contributed by atoms with van der Waals surface area (Å²) in [5.41, 5.74) is 6.87. The van der Waals surface area contributed by atoms with Gasteiger partial charge in [-0.1, -0.05) is 0 Å². The molecule has 8 heteroatoms. The first-order valence-corrected chi connectivity index (χ1v) is 7.37. The average Bonchev–Trinajstić information content (AvgIpc) is 2.90. The van der Waals surface area contributed by atoms with Crippen LogP contribution in [0.25, 0.3) is 5.65 Å². The lowest BCUT2D eigenvalue weighted by Crippen LogP contribution is -2.58. The maximum Gasteiger partial charge on any atom is 0.274 e. The summed E-state index contributed by atoms with van der Waals surface area (Å²) in [6, 6.07) is 3.55. The van der Waals surface area contributed by atoms with Crippen molar-refractivity contribution in [3.8, 4) is 0 Å². The van der Waals surface area contributed by atoms with Gasteiger partial charge in [0.15, 0.2) is 16.9 Å². The van der Waals surface area contributed by atoms with Crippen molar-refractivity contribution >= 4 is 17.5 Å². The third kappa shape index (κ3) is 2.65. The molecule has 2 aromatic heterocycles. The van der Waals surface area contributed by atoms with Gasteiger partial charge in [0, 0.05) is 24.0 Å². The zero-order chi connectivity index (χ0) is 16.8. The Hall–Kier alpha value is -2.48. The van der Waals surface area contributed by atoms with E-state index >= 15 is 0 Å². The van der Waals surface area contributed by atoms with Gasteiger partial charge in [-0.25, -0.2) is 9.50 Å². The van der Waals surface area contributed by atoms with Crippen molar-refractivity contribution in [3.63, 3.8) is 0 Å². The Labute approximate surface area is 133 Å². The van der Waals surface area contributed by atoms with Crippen LogP contribution in [0, 0.1) is 13.8 Å². The van der Waals surface area contributed by atoms with Gasteiger partial charge in [0.2, 0.25) is 0 Å². The number of primary amides is 1. The van der Waals surface area contributed by atoms with Crippen LogP contribution in [0.3, 0.4) is 0 Å². The number of hydrogen-bond acceptors (Lipinski definition) is 5. The van der Waals surface area contributed by atoms with Crippen LogP contribution < -0.4 is 5.73 Å². The molecule has 3 rings (SSSR count). The molecular weight excluding hydrogens is 298 g/mol. The predicted molar refractivity (Wildman–Crippen MR) is 81.9 cm³/mol. The van der Waals surface area contributed by atoms with E-state index in [4.69, 9.17) is 10.5 Å². The van der Waals surface area contributed by atoms with E-state index in [9.17, 15) is 9.59 Å². The molecule has 0 aliphatic carbocycles. The Morgan fingerprint density at radius 2 is 2.09 bits per heavy atom. The minimum atomic E-state index is -1.17. The third-order valence-electron chi connectivity index (χ3n) is 4.04. The normalized spacial score (nSPS) is 21.6. The van der Waals surface area contributed by atoms with Crippen LogP contribution in [0.5, 0.6) is 0 Å². The van der Waals surface area contributed by atoms with E-state index in [0.29, 0.717) is 17.9 Å². The minimum absolute atomic E-state index is 0.112. The van der Waals surface area contributed by atoms with Gasteiger partial charge in [0.25, 0.3) is 11.8 Å². The highest BCUT2D eigenvalue weighted by molar-refractivity contribution is 5.94. The molecule has 0 radical (unpaired) electrons. The van der Waals surface area contributed by atoms with Gasteiger partial charge >= 0.3 is 0 Å². The predicted octanol–water partition coefficient (Wildman–Crippen LogP) is 0.0625. The van der Waals surface area contributed by atoms with Crippen molar-refractivity contribution in [1.82, 2.24) is 19.5 Å². The lowest BCUT2D eigenvalue weighted by atomic mass is 10.0. The summed E-state index contributed by atoms with van der Waals surface area (Å²) in [6.45, 7) is 6.15. The highest BCUT2D eigenvalue weighted by atomic mass is 16.5. The third-order valence-corrected chi connectivity index (χ3v) is 4.04. The molecule has 1 saturated heterocycles. The number of ether oxygens (including phenoxy) is 1. The van der Waals surface area contributed by atoms with E-state index in [0.717, 1.165) is 11.4 Å². The molecule has 8 nitrogen and oxygen atoms in total. The van der Waals surface area contributed by atoms with Gasteiger partial charge in [0.1, 0.15) is 0 Å². The summed E-state index contributed by atoms with van der Waals surface area (Å²) in [5.74, 6) is -0.846. The lowest BCUT2D eigenvalue weighted by Gasteiger charge is -2.37. The van der Waals surface area contributed by atoms with Crippen LogP contribution in [0.1, 0.15) is 28.8 Å². The number of carbonyl (C=O) groups is 2. The van der Waals surface area contributed by atoms with E-state index in [-0.39, 0.29) is 19.1 Å². The molecule has 1 aliphatic heterocycles. The van der Waals surface area contributed by atoms with Crippen LogP contribution in [0.2, 0.25) is 0 Å². The molecule has 0 spiro atoms. The highest BCUT2D eigenvalue weighted by Crippen LogP contribution is 2.19. The Morgan fingerprint density at radius 1 is 1.35 bits per heavy atom. The fourth-order valence-electron chi connectivity index (χ4n) is 2.75. The van der Waals surface area contributed by atoms with Crippen LogP contribution in [0.15, 0.2) is 12.1 Å². The molecular formula is C15H19N5O3. The van der Waals surface area contributed by atoms with E-state index < -0.39 is 11.5 Å². The number of carbonyl (C=O) groups excluding carboxylic acids is 2. The van der Waals surface area contributed by atoms with Crippen molar-refractivity contribution in [2.75, 3.05) is 19.7 Å². The molecule has 2 amide bonds. The van der Waals surface area contributed by atoms with E-state index in [1.54, 1.807) is 17.5 Å². The monoisotopic (exact) mass is 317 g/mol. The molecule has 0 bridgehead atoms.